The molecule has 54 valence electrons. The summed E-state index contributed by atoms with van der Waals surface area (Å²) in [7, 11) is 1.37. The van der Waals surface area contributed by atoms with E-state index in [0.29, 0.717) is 0 Å². The Morgan fingerprint density at radius 3 is 2.90 bits per heavy atom. The second-order valence-corrected chi connectivity index (χ2v) is 1.63. The van der Waals surface area contributed by atoms with Gasteiger partial charge in [-0.3, -0.25) is 0 Å². The van der Waals surface area contributed by atoms with Crippen LogP contribution in [0.1, 0.15) is 0 Å². The zero-order valence-corrected chi connectivity index (χ0v) is 5.30. The summed E-state index contributed by atoms with van der Waals surface area (Å²) in [5.41, 5.74) is 0. The second kappa shape index (κ2) is 2.34. The summed E-state index contributed by atoms with van der Waals surface area (Å²) in [5, 5.41) is 16.2. The van der Waals surface area contributed by atoms with E-state index >= 15 is 0 Å². The van der Waals surface area contributed by atoms with Gasteiger partial charge in [-0.05, 0) is 5.21 Å². The van der Waals surface area contributed by atoms with Crippen LogP contribution >= 0.6 is 0 Å². The monoisotopic (exact) mass is 142 g/mol. The first-order valence-corrected chi connectivity index (χ1v) is 2.55. The van der Waals surface area contributed by atoms with Crippen LogP contribution in [0.5, 0.6) is 0 Å². The van der Waals surface area contributed by atoms with Gasteiger partial charge in [0.1, 0.15) is 0 Å². The van der Waals surface area contributed by atoms with E-state index in [2.05, 4.69) is 10.3 Å². The minimum atomic E-state index is -1.08. The van der Waals surface area contributed by atoms with Crippen molar-refractivity contribution in [3.05, 3.63) is 12.4 Å². The quantitative estimate of drug-likeness (QED) is 0.575. The molecule has 0 unspecified atom stereocenters. The van der Waals surface area contributed by atoms with Gasteiger partial charge in [-0.2, -0.15) is 4.79 Å². The maximum absolute atomic E-state index is 10.2. The van der Waals surface area contributed by atoms with Gasteiger partial charge < -0.3 is 5.11 Å². The Morgan fingerprint density at radius 1 is 1.80 bits per heavy atom. The van der Waals surface area contributed by atoms with E-state index in [1.165, 1.54) is 19.4 Å². The van der Waals surface area contributed by atoms with E-state index < -0.39 is 6.09 Å². The van der Waals surface area contributed by atoms with Crippen molar-refractivity contribution in [1.29, 1.82) is 0 Å². The van der Waals surface area contributed by atoms with Gasteiger partial charge in [0.25, 0.3) is 0 Å². The normalized spacial score (nSPS) is 9.30. The maximum atomic E-state index is 10.2. The van der Waals surface area contributed by atoms with Gasteiger partial charge in [-0.1, -0.05) is 0 Å². The summed E-state index contributed by atoms with van der Waals surface area (Å²) in [6.45, 7) is 0. The molecule has 1 aromatic heterocycles. The number of hydrogen-bond acceptors (Lipinski definition) is 3. The molecule has 1 amide bonds. The largest absolute Gasteiger partial charge is 0.464 e. The third kappa shape index (κ3) is 1.04. The van der Waals surface area contributed by atoms with E-state index in [4.69, 9.17) is 5.11 Å². The molecule has 1 aromatic rings. The first-order valence-electron chi connectivity index (χ1n) is 2.55. The molecule has 6 nitrogen and oxygen atoms in total. The molecule has 1 heterocycles. The predicted molar refractivity (Wildman–Crippen MR) is 32.2 cm³/mol. The number of nitrogens with zero attached hydrogens (tertiary/aromatic N) is 4. The van der Waals surface area contributed by atoms with E-state index in [0.717, 1.165) is 9.80 Å². The molecule has 0 fully saturated rings. The van der Waals surface area contributed by atoms with Crippen LogP contribution in [-0.4, -0.2) is 33.4 Å². The third-order valence-corrected chi connectivity index (χ3v) is 0.994. The average Bonchev–Trinajstić information content (AvgIpc) is 2.36. The van der Waals surface area contributed by atoms with Gasteiger partial charge in [0.2, 0.25) is 0 Å². The molecule has 0 aliphatic heterocycles. The summed E-state index contributed by atoms with van der Waals surface area (Å²) in [4.78, 5) is 11.3. The summed E-state index contributed by atoms with van der Waals surface area (Å²) >= 11 is 0. The van der Waals surface area contributed by atoms with Gasteiger partial charge in [0, 0.05) is 7.05 Å². The van der Waals surface area contributed by atoms with Crippen molar-refractivity contribution < 1.29 is 9.90 Å². The molecule has 0 saturated carbocycles. The lowest BCUT2D eigenvalue weighted by Gasteiger charge is -2.09. The van der Waals surface area contributed by atoms with Crippen LogP contribution in [-0.2, 0) is 0 Å². The van der Waals surface area contributed by atoms with E-state index in [9.17, 15) is 4.79 Å². The fraction of sp³-hybridized carbons (Fsp3) is 0.250. The maximum Gasteiger partial charge on any atom is 0.427 e. The van der Waals surface area contributed by atoms with Crippen molar-refractivity contribution >= 4 is 6.09 Å². The van der Waals surface area contributed by atoms with E-state index in [-0.39, 0.29) is 0 Å². The highest BCUT2D eigenvalue weighted by molar-refractivity contribution is 5.75. The predicted octanol–water partition coefficient (Wildman–Crippen LogP) is -0.476. The highest BCUT2D eigenvalue weighted by atomic mass is 16.4. The van der Waals surface area contributed by atoms with Crippen LogP contribution in [0.25, 0.3) is 0 Å². The molecule has 0 bridgehead atoms. The van der Waals surface area contributed by atoms with Crippen LogP contribution in [0.15, 0.2) is 12.4 Å². The third-order valence-electron chi connectivity index (χ3n) is 0.994. The summed E-state index contributed by atoms with van der Waals surface area (Å²) in [6.07, 6.45) is 1.76. The zero-order chi connectivity index (χ0) is 7.56. The second-order valence-electron chi connectivity index (χ2n) is 1.63. The Bertz CT molecular complexity index is 219. The highest BCUT2D eigenvalue weighted by Gasteiger charge is 2.05. The van der Waals surface area contributed by atoms with Crippen LogP contribution in [0.2, 0.25) is 0 Å². The first kappa shape index (κ1) is 6.53. The van der Waals surface area contributed by atoms with Crippen molar-refractivity contribution in [2.75, 3.05) is 12.1 Å². The molecule has 0 aliphatic rings. The van der Waals surface area contributed by atoms with Crippen molar-refractivity contribution in [3.8, 4) is 0 Å². The number of aromatic nitrogens is 3. The standard InChI is InChI=1S/C4H6N4O2/c1-7(4(9)10)8-3-2-5-6-8/h2-3H,1H3,(H,9,10). The zero-order valence-electron chi connectivity index (χ0n) is 5.30. The van der Waals surface area contributed by atoms with Crippen LogP contribution in [0.4, 0.5) is 4.79 Å². The lowest BCUT2D eigenvalue weighted by molar-refractivity contribution is 0.195. The Hall–Kier alpha value is -1.59. The Morgan fingerprint density at radius 2 is 2.50 bits per heavy atom. The van der Waals surface area contributed by atoms with Crippen molar-refractivity contribution in [2.45, 2.75) is 0 Å². The lowest BCUT2D eigenvalue weighted by atomic mass is 10.9. The summed E-state index contributed by atoms with van der Waals surface area (Å²) in [5.74, 6) is 0. The molecule has 0 radical (unpaired) electrons. The van der Waals surface area contributed by atoms with Gasteiger partial charge in [-0.15, -0.1) is 5.10 Å². The minimum absolute atomic E-state index is 0.910. The molecule has 0 spiro atoms. The summed E-state index contributed by atoms with van der Waals surface area (Å²) in [6, 6.07) is 0. The van der Waals surface area contributed by atoms with E-state index in [1.54, 1.807) is 0 Å². The van der Waals surface area contributed by atoms with Gasteiger partial charge in [0.05, 0.1) is 12.4 Å². The van der Waals surface area contributed by atoms with Crippen molar-refractivity contribution in [2.24, 2.45) is 0 Å². The lowest BCUT2D eigenvalue weighted by Crippen LogP contribution is -2.35. The molecule has 0 atom stereocenters. The van der Waals surface area contributed by atoms with Crippen LogP contribution in [0.3, 0.4) is 0 Å². The average molecular weight is 142 g/mol. The molecule has 1 rings (SSSR count). The SMILES string of the molecule is CN(C(=O)O)n1ccnn1. The Balaban J connectivity index is 2.77. The van der Waals surface area contributed by atoms with Gasteiger partial charge >= 0.3 is 6.09 Å². The van der Waals surface area contributed by atoms with Gasteiger partial charge in [0.15, 0.2) is 0 Å². The Labute approximate surface area is 56.6 Å². The highest BCUT2D eigenvalue weighted by Crippen LogP contribution is 1.82. The summed E-state index contributed by atoms with van der Waals surface area (Å²) < 4.78 is 0. The molecule has 10 heavy (non-hydrogen) atoms. The van der Waals surface area contributed by atoms with Crippen molar-refractivity contribution in [3.63, 3.8) is 0 Å². The molecule has 6 heteroatoms. The molecular formula is C4H6N4O2. The minimum Gasteiger partial charge on any atom is -0.464 e. The number of rotatable bonds is 1. The number of carbonyl (C=O) groups is 1. The number of carboxylic acid groups (broad SMARTS) is 1. The molecular weight excluding hydrogens is 136 g/mol. The number of amides is 1. The van der Waals surface area contributed by atoms with Crippen LogP contribution < -0.4 is 5.01 Å². The topological polar surface area (TPSA) is 71.2 Å². The van der Waals surface area contributed by atoms with Crippen molar-refractivity contribution in [1.82, 2.24) is 15.1 Å². The molecule has 0 saturated heterocycles. The number of hydrogen-bond donors (Lipinski definition) is 1. The Kier molecular flexibility index (Phi) is 1.53. The van der Waals surface area contributed by atoms with E-state index in [1.807, 2.05) is 0 Å². The first-order chi connectivity index (χ1) is 4.72. The smallest absolute Gasteiger partial charge is 0.427 e. The van der Waals surface area contributed by atoms with Crippen LogP contribution in [0, 0.1) is 0 Å². The molecule has 0 aromatic carbocycles. The molecule has 0 aliphatic carbocycles. The molecule has 1 N–H and O–H groups in total. The fourth-order valence-electron chi connectivity index (χ4n) is 0.450. The van der Waals surface area contributed by atoms with Gasteiger partial charge in [-0.25, -0.2) is 9.80 Å². The fourth-order valence-corrected chi connectivity index (χ4v) is 0.450.